The molecule has 2 aromatic rings. The van der Waals surface area contributed by atoms with Crippen LogP contribution in [0.3, 0.4) is 0 Å². The van der Waals surface area contributed by atoms with E-state index in [-0.39, 0.29) is 5.56 Å². The average molecular weight is 350 g/mol. The molecule has 0 aliphatic carbocycles. The van der Waals surface area contributed by atoms with Crippen LogP contribution in [0.4, 0.5) is 10.1 Å². The minimum atomic E-state index is -0.540. The summed E-state index contributed by atoms with van der Waals surface area (Å²) < 4.78 is 14.3. The molecule has 21 heavy (non-hydrogen) atoms. The van der Waals surface area contributed by atoms with Crippen molar-refractivity contribution in [3.63, 3.8) is 0 Å². The van der Waals surface area contributed by atoms with Crippen LogP contribution >= 0.6 is 15.9 Å². The third-order valence-corrected chi connectivity index (χ3v) is 3.70. The Bertz CT molecular complexity index is 625. The number of rotatable bonds is 5. The van der Waals surface area contributed by atoms with E-state index in [0.717, 1.165) is 19.3 Å². The summed E-state index contributed by atoms with van der Waals surface area (Å²) in [6.07, 6.45) is 3.34. The van der Waals surface area contributed by atoms with Crippen molar-refractivity contribution in [1.82, 2.24) is 0 Å². The molecule has 2 nitrogen and oxygen atoms in total. The van der Waals surface area contributed by atoms with E-state index in [1.54, 1.807) is 6.07 Å². The molecule has 0 aliphatic rings. The van der Waals surface area contributed by atoms with E-state index in [0.29, 0.717) is 10.2 Å². The Hall–Kier alpha value is -1.68. The highest BCUT2D eigenvalue weighted by atomic mass is 79.9. The SMILES string of the molecule is CCCCc1ccc(NC(=O)c2ccc(Br)cc2F)cc1. The number of anilines is 1. The van der Waals surface area contributed by atoms with Crippen LogP contribution in [0.25, 0.3) is 0 Å². The number of carbonyl (C=O) groups is 1. The van der Waals surface area contributed by atoms with Gasteiger partial charge < -0.3 is 5.32 Å². The molecule has 0 radical (unpaired) electrons. The third kappa shape index (κ3) is 4.39. The van der Waals surface area contributed by atoms with Gasteiger partial charge in [0.25, 0.3) is 5.91 Å². The van der Waals surface area contributed by atoms with Crippen molar-refractivity contribution in [3.8, 4) is 0 Å². The molecule has 0 heterocycles. The first-order valence-electron chi connectivity index (χ1n) is 6.95. The number of nitrogens with one attached hydrogen (secondary N) is 1. The molecular formula is C17H17BrFNO. The van der Waals surface area contributed by atoms with E-state index in [1.807, 2.05) is 24.3 Å². The van der Waals surface area contributed by atoms with E-state index in [1.165, 1.54) is 17.7 Å². The summed E-state index contributed by atoms with van der Waals surface area (Å²) in [5, 5.41) is 2.71. The maximum Gasteiger partial charge on any atom is 0.258 e. The molecule has 0 bridgehead atoms. The first kappa shape index (κ1) is 15.7. The van der Waals surface area contributed by atoms with Crippen molar-refractivity contribution in [2.75, 3.05) is 5.32 Å². The Kier molecular flexibility index (Phi) is 5.51. The molecule has 0 saturated heterocycles. The van der Waals surface area contributed by atoms with Crippen LogP contribution < -0.4 is 5.32 Å². The lowest BCUT2D eigenvalue weighted by atomic mass is 10.1. The quantitative estimate of drug-likeness (QED) is 0.791. The Morgan fingerprint density at radius 1 is 1.19 bits per heavy atom. The van der Waals surface area contributed by atoms with Gasteiger partial charge in [0, 0.05) is 10.2 Å². The molecule has 2 rings (SSSR count). The predicted octanol–water partition coefficient (Wildman–Crippen LogP) is 5.18. The first-order valence-corrected chi connectivity index (χ1v) is 7.75. The highest BCUT2D eigenvalue weighted by Gasteiger charge is 2.12. The number of hydrogen-bond donors (Lipinski definition) is 1. The van der Waals surface area contributed by atoms with Crippen molar-refractivity contribution in [2.24, 2.45) is 0 Å². The van der Waals surface area contributed by atoms with Crippen molar-refractivity contribution in [1.29, 1.82) is 0 Å². The van der Waals surface area contributed by atoms with Gasteiger partial charge in [0.15, 0.2) is 0 Å². The van der Waals surface area contributed by atoms with Gasteiger partial charge in [-0.05, 0) is 48.7 Å². The summed E-state index contributed by atoms with van der Waals surface area (Å²) in [5.41, 5.74) is 1.94. The number of unbranched alkanes of at least 4 members (excludes halogenated alkanes) is 1. The van der Waals surface area contributed by atoms with Crippen LogP contribution in [0.15, 0.2) is 46.9 Å². The molecule has 0 atom stereocenters. The second-order valence-electron chi connectivity index (χ2n) is 4.88. The van der Waals surface area contributed by atoms with Crippen molar-refractivity contribution in [3.05, 3.63) is 63.9 Å². The summed E-state index contributed by atoms with van der Waals surface area (Å²) >= 11 is 3.17. The van der Waals surface area contributed by atoms with Gasteiger partial charge in [-0.2, -0.15) is 0 Å². The lowest BCUT2D eigenvalue weighted by Crippen LogP contribution is -2.13. The molecule has 0 fully saturated rings. The van der Waals surface area contributed by atoms with Gasteiger partial charge in [-0.25, -0.2) is 4.39 Å². The van der Waals surface area contributed by atoms with Crippen LogP contribution in [-0.2, 0) is 6.42 Å². The third-order valence-electron chi connectivity index (χ3n) is 3.21. The molecule has 1 N–H and O–H groups in total. The minimum absolute atomic E-state index is 0.0354. The fraction of sp³-hybridized carbons (Fsp3) is 0.235. The first-order chi connectivity index (χ1) is 10.1. The summed E-state index contributed by atoms with van der Waals surface area (Å²) in [6.45, 7) is 2.15. The van der Waals surface area contributed by atoms with E-state index in [9.17, 15) is 9.18 Å². The van der Waals surface area contributed by atoms with Gasteiger partial charge in [-0.1, -0.05) is 41.4 Å². The number of carbonyl (C=O) groups excluding carboxylic acids is 1. The fourth-order valence-corrected chi connectivity index (χ4v) is 2.34. The molecular weight excluding hydrogens is 333 g/mol. The molecule has 2 aromatic carbocycles. The summed E-state index contributed by atoms with van der Waals surface area (Å²) in [6, 6.07) is 12.1. The topological polar surface area (TPSA) is 29.1 Å². The zero-order valence-electron chi connectivity index (χ0n) is 11.8. The van der Waals surface area contributed by atoms with Crippen molar-refractivity contribution < 1.29 is 9.18 Å². The number of amides is 1. The molecule has 0 aliphatic heterocycles. The predicted molar refractivity (Wildman–Crippen MR) is 87.1 cm³/mol. The number of aryl methyl sites for hydroxylation is 1. The molecule has 0 aromatic heterocycles. The normalized spacial score (nSPS) is 10.4. The molecule has 1 amide bonds. The highest BCUT2D eigenvalue weighted by Crippen LogP contribution is 2.17. The van der Waals surface area contributed by atoms with E-state index in [2.05, 4.69) is 28.2 Å². The summed E-state index contributed by atoms with van der Waals surface area (Å²) in [5.74, 6) is -0.984. The van der Waals surface area contributed by atoms with Gasteiger partial charge >= 0.3 is 0 Å². The van der Waals surface area contributed by atoms with E-state index in [4.69, 9.17) is 0 Å². The molecule has 0 unspecified atom stereocenters. The van der Waals surface area contributed by atoms with Gasteiger partial charge in [0.05, 0.1) is 5.56 Å². The highest BCUT2D eigenvalue weighted by molar-refractivity contribution is 9.10. The Morgan fingerprint density at radius 3 is 2.52 bits per heavy atom. The monoisotopic (exact) mass is 349 g/mol. The maximum absolute atomic E-state index is 13.7. The standard InChI is InChI=1S/C17H17BrFNO/c1-2-3-4-12-5-8-14(9-6-12)20-17(21)15-10-7-13(18)11-16(15)19/h5-11H,2-4H2,1H3,(H,20,21). The Balaban J connectivity index is 2.05. The van der Waals surface area contributed by atoms with Gasteiger partial charge in [-0.3, -0.25) is 4.79 Å². The van der Waals surface area contributed by atoms with Crippen LogP contribution in [0.1, 0.15) is 35.7 Å². The van der Waals surface area contributed by atoms with Crippen LogP contribution in [0, 0.1) is 5.82 Å². The van der Waals surface area contributed by atoms with E-state index < -0.39 is 11.7 Å². The number of hydrogen-bond acceptors (Lipinski definition) is 1. The van der Waals surface area contributed by atoms with Gasteiger partial charge in [0.1, 0.15) is 5.82 Å². The van der Waals surface area contributed by atoms with Crippen molar-refractivity contribution >= 4 is 27.5 Å². The molecule has 0 spiro atoms. The maximum atomic E-state index is 13.7. The molecule has 0 saturated carbocycles. The van der Waals surface area contributed by atoms with Gasteiger partial charge in [-0.15, -0.1) is 0 Å². The van der Waals surface area contributed by atoms with Crippen LogP contribution in [0.5, 0.6) is 0 Å². The second kappa shape index (κ2) is 7.36. The zero-order valence-corrected chi connectivity index (χ0v) is 13.4. The largest absolute Gasteiger partial charge is 0.322 e. The average Bonchev–Trinajstić information content (AvgIpc) is 2.46. The Labute approximate surface area is 132 Å². The lowest BCUT2D eigenvalue weighted by Gasteiger charge is -2.07. The number of benzene rings is 2. The zero-order chi connectivity index (χ0) is 15.2. The van der Waals surface area contributed by atoms with E-state index >= 15 is 0 Å². The summed E-state index contributed by atoms with van der Waals surface area (Å²) in [4.78, 5) is 12.0. The second-order valence-corrected chi connectivity index (χ2v) is 5.79. The molecule has 4 heteroatoms. The fourth-order valence-electron chi connectivity index (χ4n) is 2.01. The van der Waals surface area contributed by atoms with Crippen molar-refractivity contribution in [2.45, 2.75) is 26.2 Å². The summed E-state index contributed by atoms with van der Waals surface area (Å²) in [7, 11) is 0. The minimum Gasteiger partial charge on any atom is -0.322 e. The number of halogens is 2. The van der Waals surface area contributed by atoms with Crippen LogP contribution in [-0.4, -0.2) is 5.91 Å². The Morgan fingerprint density at radius 2 is 1.90 bits per heavy atom. The lowest BCUT2D eigenvalue weighted by molar-refractivity contribution is 0.102. The van der Waals surface area contributed by atoms with Crippen LogP contribution in [0.2, 0.25) is 0 Å². The smallest absolute Gasteiger partial charge is 0.258 e. The molecule has 110 valence electrons. The van der Waals surface area contributed by atoms with Gasteiger partial charge in [0.2, 0.25) is 0 Å².